The summed E-state index contributed by atoms with van der Waals surface area (Å²) in [6.07, 6.45) is 0.808. The Kier molecular flexibility index (Phi) is 5.21. The summed E-state index contributed by atoms with van der Waals surface area (Å²) in [4.78, 5) is 12.9. The molecule has 1 amide bonds. The number of carbonyl (C=O) groups is 1. The molecule has 0 saturated carbocycles. The van der Waals surface area contributed by atoms with Gasteiger partial charge in [-0.3, -0.25) is 4.79 Å². The molecule has 4 nitrogen and oxygen atoms in total. The minimum Gasteiger partial charge on any atom is -0.487 e. The number of para-hydroxylation sites is 1. The first-order chi connectivity index (χ1) is 12.4. The van der Waals surface area contributed by atoms with Crippen molar-refractivity contribution in [3.63, 3.8) is 0 Å². The molecule has 2 aromatic carbocycles. The highest BCUT2D eigenvalue weighted by molar-refractivity contribution is 5.81. The Hall–Kier alpha value is -2.49. The zero-order valence-corrected chi connectivity index (χ0v) is 15.9. The van der Waals surface area contributed by atoms with E-state index in [0.29, 0.717) is 12.2 Å². The second-order valence-corrected chi connectivity index (χ2v) is 7.50. The Bertz CT molecular complexity index is 770. The van der Waals surface area contributed by atoms with Crippen LogP contribution in [0.15, 0.2) is 48.5 Å². The third-order valence-electron chi connectivity index (χ3n) is 4.63. The maximum Gasteiger partial charge on any atom is 0.261 e. The molecule has 0 fully saturated rings. The van der Waals surface area contributed by atoms with E-state index in [1.54, 1.807) is 0 Å². The molecule has 0 unspecified atom stereocenters. The molecule has 0 spiro atoms. The van der Waals surface area contributed by atoms with Gasteiger partial charge in [-0.2, -0.15) is 0 Å². The average Bonchev–Trinajstić information content (AvgIpc) is 2.59. The number of rotatable bonds is 5. The fourth-order valence-corrected chi connectivity index (χ4v) is 3.34. The molecule has 0 bridgehead atoms. The van der Waals surface area contributed by atoms with Crippen LogP contribution in [-0.4, -0.2) is 17.6 Å². The van der Waals surface area contributed by atoms with Crippen LogP contribution in [0.1, 0.15) is 50.8 Å². The number of nitrogens with one attached hydrogen (secondary N) is 1. The first kappa shape index (κ1) is 18.3. The van der Waals surface area contributed by atoms with Crippen LogP contribution in [0, 0.1) is 6.92 Å². The quantitative estimate of drug-likeness (QED) is 0.856. The molecule has 26 heavy (non-hydrogen) atoms. The predicted molar refractivity (Wildman–Crippen MR) is 103 cm³/mol. The largest absolute Gasteiger partial charge is 0.487 e. The molecule has 138 valence electrons. The highest BCUT2D eigenvalue weighted by Crippen LogP contribution is 2.40. The molecule has 1 aliphatic rings. The van der Waals surface area contributed by atoms with Crippen molar-refractivity contribution in [1.82, 2.24) is 5.32 Å². The van der Waals surface area contributed by atoms with Crippen LogP contribution in [0.5, 0.6) is 11.5 Å². The molecule has 0 saturated heterocycles. The van der Waals surface area contributed by atoms with E-state index in [1.165, 1.54) is 0 Å². The highest BCUT2D eigenvalue weighted by Gasteiger charge is 2.35. The van der Waals surface area contributed by atoms with E-state index in [-0.39, 0.29) is 17.6 Å². The lowest BCUT2D eigenvalue weighted by Crippen LogP contribution is -2.45. The summed E-state index contributed by atoms with van der Waals surface area (Å²) in [5.41, 5.74) is 1.84. The maximum absolute atomic E-state index is 12.9. The van der Waals surface area contributed by atoms with E-state index in [2.05, 4.69) is 25.2 Å². The van der Waals surface area contributed by atoms with Crippen LogP contribution in [0.2, 0.25) is 0 Å². The number of amides is 1. The first-order valence-corrected chi connectivity index (χ1v) is 9.19. The number of benzene rings is 2. The predicted octanol–water partition coefficient (Wildman–Crippen LogP) is 4.57. The second-order valence-electron chi connectivity index (χ2n) is 7.50. The molecule has 4 heteroatoms. The smallest absolute Gasteiger partial charge is 0.261 e. The van der Waals surface area contributed by atoms with E-state index in [4.69, 9.17) is 9.47 Å². The maximum atomic E-state index is 12.9. The Morgan fingerprint density at radius 1 is 1.27 bits per heavy atom. The Morgan fingerprint density at radius 2 is 2.00 bits per heavy atom. The average molecular weight is 353 g/mol. The Morgan fingerprint density at radius 3 is 2.69 bits per heavy atom. The van der Waals surface area contributed by atoms with E-state index in [0.717, 1.165) is 23.3 Å². The molecular formula is C22H27NO3. The van der Waals surface area contributed by atoms with Crippen molar-refractivity contribution in [1.29, 1.82) is 0 Å². The molecule has 0 aromatic heterocycles. The molecule has 1 heterocycles. The summed E-state index contributed by atoms with van der Waals surface area (Å²) in [7, 11) is 0. The number of hydrogen-bond acceptors (Lipinski definition) is 3. The summed E-state index contributed by atoms with van der Waals surface area (Å²) in [6.45, 7) is 8.10. The number of carbonyl (C=O) groups excluding carboxylic acids is 1. The third-order valence-corrected chi connectivity index (χ3v) is 4.63. The molecule has 2 atom stereocenters. The number of ether oxygens (including phenoxy) is 2. The summed E-state index contributed by atoms with van der Waals surface area (Å²) in [6, 6.07) is 15.5. The van der Waals surface area contributed by atoms with Gasteiger partial charge in [0.2, 0.25) is 0 Å². The van der Waals surface area contributed by atoms with Crippen molar-refractivity contribution >= 4 is 5.91 Å². The van der Waals surface area contributed by atoms with Crippen molar-refractivity contribution in [2.75, 3.05) is 0 Å². The van der Waals surface area contributed by atoms with Gasteiger partial charge in [0.15, 0.2) is 6.10 Å². The standard InChI is InChI=1S/C22H27NO3/c1-5-19(25-16-9-7-6-8-10-16)21(24)23-18-14-22(3,4)26-20-13-15(2)11-12-17(18)20/h6-13,18-19H,5,14H2,1-4H3,(H,23,24)/t18-,19-/m1/s1. The van der Waals surface area contributed by atoms with Crippen molar-refractivity contribution in [2.45, 2.75) is 58.3 Å². The Labute approximate surface area is 155 Å². The van der Waals surface area contributed by atoms with E-state index in [1.807, 2.05) is 56.3 Å². The number of aryl methyl sites for hydroxylation is 1. The van der Waals surface area contributed by atoms with Crippen LogP contribution in [-0.2, 0) is 4.79 Å². The second kappa shape index (κ2) is 7.40. The van der Waals surface area contributed by atoms with E-state index < -0.39 is 6.10 Å². The van der Waals surface area contributed by atoms with Gasteiger partial charge in [0.05, 0.1) is 6.04 Å². The van der Waals surface area contributed by atoms with Crippen molar-refractivity contribution < 1.29 is 14.3 Å². The molecular weight excluding hydrogens is 326 g/mol. The number of hydrogen-bond donors (Lipinski definition) is 1. The lowest BCUT2D eigenvalue weighted by molar-refractivity contribution is -0.129. The van der Waals surface area contributed by atoms with Gasteiger partial charge in [0, 0.05) is 12.0 Å². The van der Waals surface area contributed by atoms with Crippen molar-refractivity contribution in [3.8, 4) is 11.5 Å². The van der Waals surface area contributed by atoms with Gasteiger partial charge >= 0.3 is 0 Å². The van der Waals surface area contributed by atoms with Crippen molar-refractivity contribution in [3.05, 3.63) is 59.7 Å². The molecule has 1 aliphatic heterocycles. The summed E-state index contributed by atoms with van der Waals surface area (Å²) >= 11 is 0. The van der Waals surface area contributed by atoms with Gasteiger partial charge in [-0.25, -0.2) is 0 Å². The highest BCUT2D eigenvalue weighted by atomic mass is 16.5. The molecule has 0 aliphatic carbocycles. The molecule has 1 N–H and O–H groups in total. The third kappa shape index (κ3) is 4.18. The number of fused-ring (bicyclic) bond motifs is 1. The minimum absolute atomic E-state index is 0.0877. The van der Waals surface area contributed by atoms with Gasteiger partial charge in [0.25, 0.3) is 5.91 Å². The fraction of sp³-hybridized carbons (Fsp3) is 0.409. The normalized spacial score (nSPS) is 19.0. The first-order valence-electron chi connectivity index (χ1n) is 9.19. The minimum atomic E-state index is -0.516. The van der Waals surface area contributed by atoms with Crippen molar-refractivity contribution in [2.24, 2.45) is 0 Å². The van der Waals surface area contributed by atoms with E-state index in [9.17, 15) is 4.79 Å². The lowest BCUT2D eigenvalue weighted by Gasteiger charge is -2.38. The topological polar surface area (TPSA) is 47.6 Å². The SMILES string of the molecule is CC[C@@H](Oc1ccccc1)C(=O)N[C@@H]1CC(C)(C)Oc2cc(C)ccc21. The summed E-state index contributed by atoms with van der Waals surface area (Å²) in [5, 5.41) is 3.18. The van der Waals surface area contributed by atoms with Crippen LogP contribution >= 0.6 is 0 Å². The molecule has 3 rings (SSSR count). The van der Waals surface area contributed by atoms with Crippen LogP contribution in [0.3, 0.4) is 0 Å². The van der Waals surface area contributed by atoms with Gasteiger partial charge < -0.3 is 14.8 Å². The van der Waals surface area contributed by atoms with Crippen LogP contribution in [0.25, 0.3) is 0 Å². The van der Waals surface area contributed by atoms with Crippen LogP contribution < -0.4 is 14.8 Å². The monoisotopic (exact) mass is 353 g/mol. The summed E-state index contributed by atoms with van der Waals surface area (Å²) < 4.78 is 12.0. The zero-order valence-electron chi connectivity index (χ0n) is 15.9. The summed E-state index contributed by atoms with van der Waals surface area (Å²) in [5.74, 6) is 1.46. The molecule has 2 aromatic rings. The van der Waals surface area contributed by atoms with Gasteiger partial charge in [-0.15, -0.1) is 0 Å². The zero-order chi connectivity index (χ0) is 18.7. The van der Waals surface area contributed by atoms with Gasteiger partial charge in [-0.1, -0.05) is 37.3 Å². The fourth-order valence-electron chi connectivity index (χ4n) is 3.34. The molecule has 0 radical (unpaired) electrons. The Balaban J connectivity index is 1.77. The van der Waals surface area contributed by atoms with Gasteiger partial charge in [-0.05, 0) is 51.0 Å². The van der Waals surface area contributed by atoms with Crippen LogP contribution in [0.4, 0.5) is 0 Å². The lowest BCUT2D eigenvalue weighted by atomic mass is 9.89. The van der Waals surface area contributed by atoms with E-state index >= 15 is 0 Å². The van der Waals surface area contributed by atoms with Gasteiger partial charge in [0.1, 0.15) is 17.1 Å².